The first-order chi connectivity index (χ1) is 12.2. The summed E-state index contributed by atoms with van der Waals surface area (Å²) >= 11 is 0. The molecular formula is C24H46N2. The summed E-state index contributed by atoms with van der Waals surface area (Å²) in [5, 5.41) is 0. The molecule has 0 radical (unpaired) electrons. The lowest BCUT2D eigenvalue weighted by Gasteiger charge is -2.59. The van der Waals surface area contributed by atoms with Crippen molar-refractivity contribution in [2.45, 2.75) is 111 Å². The van der Waals surface area contributed by atoms with E-state index in [0.717, 1.165) is 29.6 Å². The van der Waals surface area contributed by atoms with Gasteiger partial charge in [0, 0.05) is 12.1 Å². The van der Waals surface area contributed by atoms with Crippen LogP contribution < -0.4 is 11.5 Å². The largest absolute Gasteiger partial charge is 0.328 e. The normalized spacial score (nSPS) is 50.8. The maximum absolute atomic E-state index is 6.33. The average molecular weight is 363 g/mol. The molecule has 0 saturated heterocycles. The molecule has 6 atom stereocenters. The predicted molar refractivity (Wildman–Crippen MR) is 113 cm³/mol. The summed E-state index contributed by atoms with van der Waals surface area (Å²) in [4.78, 5) is 0. The molecule has 2 heteroatoms. The van der Waals surface area contributed by atoms with E-state index in [1.807, 2.05) is 0 Å². The lowest BCUT2D eigenvalue weighted by atomic mass is 9.46. The van der Waals surface area contributed by atoms with Gasteiger partial charge in [0.05, 0.1) is 0 Å². The van der Waals surface area contributed by atoms with Crippen molar-refractivity contribution in [3.05, 3.63) is 0 Å². The van der Waals surface area contributed by atoms with Crippen LogP contribution in [0.4, 0.5) is 0 Å². The van der Waals surface area contributed by atoms with Gasteiger partial charge in [-0.3, -0.25) is 0 Å². The van der Waals surface area contributed by atoms with Gasteiger partial charge in [-0.05, 0) is 105 Å². The van der Waals surface area contributed by atoms with E-state index in [4.69, 9.17) is 11.5 Å². The van der Waals surface area contributed by atoms with E-state index in [1.165, 1.54) is 64.2 Å². The van der Waals surface area contributed by atoms with E-state index in [-0.39, 0.29) is 0 Å². The lowest BCUT2D eigenvalue weighted by Crippen LogP contribution is -2.53. The fraction of sp³-hybridized carbons (Fsp3) is 1.00. The molecule has 3 fully saturated rings. The Morgan fingerprint density at radius 2 is 1.46 bits per heavy atom. The van der Waals surface area contributed by atoms with Crippen LogP contribution in [0.5, 0.6) is 0 Å². The Morgan fingerprint density at radius 1 is 0.808 bits per heavy atom. The van der Waals surface area contributed by atoms with E-state index < -0.39 is 0 Å². The second kappa shape index (κ2) is 7.74. The Labute approximate surface area is 163 Å². The highest BCUT2D eigenvalue weighted by Gasteiger charge is 2.54. The third-order valence-corrected chi connectivity index (χ3v) is 9.40. The second-order valence-corrected chi connectivity index (χ2v) is 11.5. The van der Waals surface area contributed by atoms with Gasteiger partial charge >= 0.3 is 0 Å². The van der Waals surface area contributed by atoms with Crippen LogP contribution in [-0.4, -0.2) is 12.1 Å². The Bertz CT molecular complexity index is 465. The second-order valence-electron chi connectivity index (χ2n) is 11.5. The number of hydrogen-bond donors (Lipinski definition) is 2. The minimum atomic E-state index is 0.443. The minimum Gasteiger partial charge on any atom is -0.328 e. The summed E-state index contributed by atoms with van der Waals surface area (Å²) < 4.78 is 0. The summed E-state index contributed by atoms with van der Waals surface area (Å²) in [5.74, 6) is 4.27. The minimum absolute atomic E-state index is 0.443. The average Bonchev–Trinajstić information content (AvgIpc) is 2.57. The maximum Gasteiger partial charge on any atom is 0.00415 e. The molecule has 0 aromatic heterocycles. The van der Waals surface area contributed by atoms with Gasteiger partial charge in [-0.15, -0.1) is 0 Å². The molecule has 0 aliphatic heterocycles. The van der Waals surface area contributed by atoms with Crippen LogP contribution in [0.25, 0.3) is 0 Å². The van der Waals surface area contributed by atoms with Crippen LogP contribution in [0.2, 0.25) is 0 Å². The van der Waals surface area contributed by atoms with Crippen molar-refractivity contribution >= 4 is 0 Å². The zero-order chi connectivity index (χ0) is 19.1. The molecule has 0 bridgehead atoms. The Kier molecular flexibility index (Phi) is 6.15. The third-order valence-electron chi connectivity index (χ3n) is 9.40. The van der Waals surface area contributed by atoms with Crippen molar-refractivity contribution in [3.8, 4) is 0 Å². The summed E-state index contributed by atoms with van der Waals surface area (Å²) in [7, 11) is 0. The molecule has 3 saturated carbocycles. The molecule has 3 aliphatic carbocycles. The van der Waals surface area contributed by atoms with Crippen LogP contribution in [0.3, 0.4) is 0 Å². The van der Waals surface area contributed by atoms with E-state index in [0.29, 0.717) is 22.9 Å². The van der Waals surface area contributed by atoms with Gasteiger partial charge in [-0.2, -0.15) is 0 Å². The quantitative estimate of drug-likeness (QED) is 0.673. The van der Waals surface area contributed by atoms with Gasteiger partial charge in [0.25, 0.3) is 0 Å². The fourth-order valence-corrected chi connectivity index (χ4v) is 7.56. The first-order valence-corrected chi connectivity index (χ1v) is 11.7. The van der Waals surface area contributed by atoms with Crippen molar-refractivity contribution in [3.63, 3.8) is 0 Å². The number of nitrogens with two attached hydrogens (primary N) is 2. The molecule has 0 aromatic carbocycles. The van der Waals surface area contributed by atoms with Gasteiger partial charge in [0.1, 0.15) is 0 Å². The molecule has 0 aromatic rings. The number of hydrogen-bond acceptors (Lipinski definition) is 2. The predicted octanol–water partition coefficient (Wildman–Crippen LogP) is 5.74. The Balaban J connectivity index is 1.88. The van der Waals surface area contributed by atoms with Crippen LogP contribution >= 0.6 is 0 Å². The van der Waals surface area contributed by atoms with E-state index in [9.17, 15) is 0 Å². The summed E-state index contributed by atoms with van der Waals surface area (Å²) in [6, 6.07) is 0.893. The molecule has 6 unspecified atom stereocenters. The van der Waals surface area contributed by atoms with E-state index in [1.54, 1.807) is 0 Å². The van der Waals surface area contributed by atoms with Crippen LogP contribution in [0.1, 0.15) is 98.8 Å². The molecule has 3 aliphatic rings. The topological polar surface area (TPSA) is 52.0 Å². The van der Waals surface area contributed by atoms with Gasteiger partial charge in [0.15, 0.2) is 0 Å². The molecule has 0 spiro atoms. The van der Waals surface area contributed by atoms with Crippen LogP contribution in [0, 0.1) is 40.4 Å². The Hall–Kier alpha value is -0.0800. The third kappa shape index (κ3) is 3.88. The smallest absolute Gasteiger partial charge is 0.00415 e. The monoisotopic (exact) mass is 362 g/mol. The van der Waals surface area contributed by atoms with Crippen molar-refractivity contribution in [1.82, 2.24) is 0 Å². The molecule has 0 heterocycles. The van der Waals surface area contributed by atoms with Gasteiger partial charge in [-0.1, -0.05) is 34.6 Å². The fourth-order valence-electron chi connectivity index (χ4n) is 7.56. The molecular weight excluding hydrogens is 316 g/mol. The summed E-state index contributed by atoms with van der Waals surface area (Å²) in [6.45, 7) is 12.7. The molecule has 3 rings (SSSR count). The molecule has 0 amide bonds. The maximum atomic E-state index is 6.33. The lowest BCUT2D eigenvalue weighted by molar-refractivity contribution is -0.0985. The van der Waals surface area contributed by atoms with Crippen molar-refractivity contribution in [1.29, 1.82) is 0 Å². The highest BCUT2D eigenvalue weighted by Crippen LogP contribution is 2.62. The van der Waals surface area contributed by atoms with Gasteiger partial charge < -0.3 is 11.5 Å². The SMILES string of the molecule is CC(C)C1CCC(C)(C2CCC(N)CC2C)C(C2(C)CCC(N)CC2)C1. The molecule has 2 nitrogen and oxygen atoms in total. The summed E-state index contributed by atoms with van der Waals surface area (Å²) in [6.07, 6.45) is 13.3. The number of rotatable bonds is 3. The molecule has 4 N–H and O–H groups in total. The van der Waals surface area contributed by atoms with Crippen LogP contribution in [0.15, 0.2) is 0 Å². The van der Waals surface area contributed by atoms with Crippen molar-refractivity contribution < 1.29 is 0 Å². The zero-order valence-electron chi connectivity index (χ0n) is 18.3. The van der Waals surface area contributed by atoms with E-state index in [2.05, 4.69) is 34.6 Å². The summed E-state index contributed by atoms with van der Waals surface area (Å²) in [5.41, 5.74) is 13.6. The van der Waals surface area contributed by atoms with Crippen molar-refractivity contribution in [2.24, 2.45) is 51.9 Å². The highest BCUT2D eigenvalue weighted by molar-refractivity contribution is 5.04. The van der Waals surface area contributed by atoms with E-state index >= 15 is 0 Å². The van der Waals surface area contributed by atoms with Gasteiger partial charge in [0.2, 0.25) is 0 Å². The highest BCUT2D eigenvalue weighted by atomic mass is 14.7. The molecule has 152 valence electrons. The first kappa shape index (κ1) is 20.6. The van der Waals surface area contributed by atoms with Crippen LogP contribution in [-0.2, 0) is 0 Å². The zero-order valence-corrected chi connectivity index (χ0v) is 18.3. The molecule has 26 heavy (non-hydrogen) atoms. The first-order valence-electron chi connectivity index (χ1n) is 11.7. The Morgan fingerprint density at radius 3 is 2.04 bits per heavy atom. The standard InChI is InChI=1S/C24H46N2/c1-16(2)18-8-13-24(5,21-7-6-20(26)14-17(21)3)22(15-18)23(4)11-9-19(25)10-12-23/h16-22H,6-15,25-26H2,1-5H3. The van der Waals surface area contributed by atoms with Gasteiger partial charge in [-0.25, -0.2) is 0 Å². The van der Waals surface area contributed by atoms with Crippen molar-refractivity contribution in [2.75, 3.05) is 0 Å².